The van der Waals surface area contributed by atoms with Gasteiger partial charge in [0.15, 0.2) is 0 Å². The molecule has 0 spiro atoms. The molecule has 2 aliphatic rings. The number of amides is 3. The maximum absolute atomic E-state index is 12.5. The number of anilines is 2. The van der Waals surface area contributed by atoms with Gasteiger partial charge in [0.2, 0.25) is 0 Å². The molecule has 1 saturated heterocycles. The molecule has 10 heteroatoms. The molecule has 34 heavy (non-hydrogen) atoms. The molecule has 10 nitrogen and oxygen atoms in total. The normalized spacial score (nSPS) is 16.8. The number of rotatable bonds is 5. The number of imide groups is 1. The Morgan fingerprint density at radius 1 is 1.12 bits per heavy atom. The summed E-state index contributed by atoms with van der Waals surface area (Å²) in [5.74, 6) is -0.929. The Balaban J connectivity index is 1.52. The number of aliphatic hydroxyl groups is 1. The van der Waals surface area contributed by atoms with Gasteiger partial charge in [-0.3, -0.25) is 19.5 Å². The van der Waals surface area contributed by atoms with Gasteiger partial charge in [0.25, 0.3) is 11.8 Å². The molecule has 3 amide bonds. The van der Waals surface area contributed by atoms with Crippen LogP contribution in [0.1, 0.15) is 20.8 Å². The van der Waals surface area contributed by atoms with Crippen molar-refractivity contribution < 1.29 is 24.2 Å². The zero-order chi connectivity index (χ0) is 24.5. The Hall–Kier alpha value is -3.66. The summed E-state index contributed by atoms with van der Waals surface area (Å²) in [6.45, 7) is 7.62. The average molecular weight is 468 g/mol. The first-order valence-electron chi connectivity index (χ1n) is 11.2. The van der Waals surface area contributed by atoms with E-state index >= 15 is 0 Å². The minimum atomic E-state index is -0.532. The van der Waals surface area contributed by atoms with E-state index in [0.717, 1.165) is 21.4 Å². The Bertz CT molecular complexity index is 1150. The minimum Gasteiger partial charge on any atom is -0.444 e. The SMILES string of the molecule is CC(C)(C)OC(=O)N1CCN(c2ccc(NC3=CC(=O)N(CCO)C3=O)c3cnccc23)CC1. The van der Waals surface area contributed by atoms with E-state index < -0.39 is 17.4 Å². The van der Waals surface area contributed by atoms with E-state index in [4.69, 9.17) is 9.84 Å². The summed E-state index contributed by atoms with van der Waals surface area (Å²) in [6.07, 6.45) is 4.36. The first-order valence-corrected chi connectivity index (χ1v) is 11.2. The maximum Gasteiger partial charge on any atom is 0.410 e. The molecule has 0 saturated carbocycles. The average Bonchev–Trinajstić information content (AvgIpc) is 3.06. The number of aromatic nitrogens is 1. The lowest BCUT2D eigenvalue weighted by Crippen LogP contribution is -2.50. The number of pyridine rings is 1. The van der Waals surface area contributed by atoms with Gasteiger partial charge in [0.05, 0.1) is 13.2 Å². The minimum absolute atomic E-state index is 0.0458. The van der Waals surface area contributed by atoms with Crippen molar-refractivity contribution in [2.45, 2.75) is 26.4 Å². The first-order chi connectivity index (χ1) is 16.2. The number of nitrogens with zero attached hydrogens (tertiary/aromatic N) is 4. The Morgan fingerprint density at radius 2 is 1.85 bits per heavy atom. The molecular weight excluding hydrogens is 438 g/mol. The van der Waals surface area contributed by atoms with E-state index in [1.807, 2.05) is 39.0 Å². The second-order valence-corrected chi connectivity index (χ2v) is 9.21. The number of hydrogen-bond acceptors (Lipinski definition) is 8. The third kappa shape index (κ3) is 4.81. The summed E-state index contributed by atoms with van der Waals surface area (Å²) in [7, 11) is 0. The van der Waals surface area contributed by atoms with Crippen LogP contribution < -0.4 is 10.2 Å². The molecule has 1 fully saturated rings. The number of ether oxygens (including phenoxy) is 1. The molecule has 0 unspecified atom stereocenters. The molecular formula is C24H29N5O5. The van der Waals surface area contributed by atoms with E-state index in [-0.39, 0.29) is 24.9 Å². The molecule has 2 aliphatic heterocycles. The maximum atomic E-state index is 12.5. The number of fused-ring (bicyclic) bond motifs is 1. The van der Waals surface area contributed by atoms with Crippen molar-refractivity contribution in [3.8, 4) is 0 Å². The third-order valence-electron chi connectivity index (χ3n) is 5.67. The number of carbonyl (C=O) groups is 3. The number of piperazine rings is 1. The Kier molecular flexibility index (Phi) is 6.43. The van der Waals surface area contributed by atoms with Crippen LogP contribution in [0, 0.1) is 0 Å². The smallest absolute Gasteiger partial charge is 0.410 e. The van der Waals surface area contributed by atoms with Crippen LogP contribution in [-0.4, -0.2) is 82.7 Å². The molecule has 180 valence electrons. The van der Waals surface area contributed by atoms with Crippen LogP contribution in [0.25, 0.3) is 10.8 Å². The van der Waals surface area contributed by atoms with Crippen molar-refractivity contribution >= 4 is 40.1 Å². The van der Waals surface area contributed by atoms with Gasteiger partial charge in [-0.1, -0.05) is 0 Å². The highest BCUT2D eigenvalue weighted by molar-refractivity contribution is 6.18. The molecule has 2 aromatic rings. The van der Waals surface area contributed by atoms with Crippen molar-refractivity contribution in [1.82, 2.24) is 14.8 Å². The zero-order valence-electron chi connectivity index (χ0n) is 19.6. The predicted octanol–water partition coefficient (Wildman–Crippen LogP) is 1.95. The lowest BCUT2D eigenvalue weighted by atomic mass is 10.1. The lowest BCUT2D eigenvalue weighted by molar-refractivity contribution is -0.137. The van der Waals surface area contributed by atoms with Gasteiger partial charge < -0.3 is 25.0 Å². The summed E-state index contributed by atoms with van der Waals surface area (Å²) in [4.78, 5) is 46.2. The van der Waals surface area contributed by atoms with Crippen LogP contribution in [0.15, 0.2) is 42.4 Å². The summed E-state index contributed by atoms with van der Waals surface area (Å²) in [5.41, 5.74) is 1.27. The zero-order valence-corrected chi connectivity index (χ0v) is 19.6. The molecule has 1 aromatic carbocycles. The largest absolute Gasteiger partial charge is 0.444 e. The van der Waals surface area contributed by atoms with Gasteiger partial charge in [-0.2, -0.15) is 0 Å². The van der Waals surface area contributed by atoms with Gasteiger partial charge in [-0.15, -0.1) is 0 Å². The molecule has 0 radical (unpaired) electrons. The van der Waals surface area contributed by atoms with Gasteiger partial charge in [-0.25, -0.2) is 4.79 Å². The van der Waals surface area contributed by atoms with Gasteiger partial charge in [0.1, 0.15) is 11.3 Å². The second-order valence-electron chi connectivity index (χ2n) is 9.21. The van der Waals surface area contributed by atoms with Crippen LogP contribution >= 0.6 is 0 Å². The number of benzene rings is 1. The van der Waals surface area contributed by atoms with Crippen molar-refractivity contribution in [3.05, 3.63) is 42.4 Å². The highest BCUT2D eigenvalue weighted by Gasteiger charge is 2.31. The van der Waals surface area contributed by atoms with E-state index in [1.165, 1.54) is 6.08 Å². The molecule has 0 aliphatic carbocycles. The quantitative estimate of drug-likeness (QED) is 0.641. The highest BCUT2D eigenvalue weighted by Crippen LogP contribution is 2.33. The summed E-state index contributed by atoms with van der Waals surface area (Å²) >= 11 is 0. The Morgan fingerprint density at radius 3 is 2.53 bits per heavy atom. The molecule has 1 aromatic heterocycles. The van der Waals surface area contributed by atoms with Crippen LogP contribution in [0.3, 0.4) is 0 Å². The van der Waals surface area contributed by atoms with Gasteiger partial charge >= 0.3 is 6.09 Å². The number of β-amino-alcohol motifs (C(OH)–C–C–N with tert-alkyl or cyclic N) is 1. The van der Waals surface area contributed by atoms with E-state index in [2.05, 4.69) is 15.2 Å². The standard InChI is InChI=1S/C24H29N5O5/c1-24(2,3)34-23(33)28-10-8-27(9-11-28)20-5-4-18(17-15-25-7-6-16(17)20)26-19-14-21(31)29(12-13-30)22(19)32/h4-7,14-15,26,30H,8-13H2,1-3H3. The topological polar surface area (TPSA) is 115 Å². The van der Waals surface area contributed by atoms with Crippen LogP contribution in [0.4, 0.5) is 16.2 Å². The summed E-state index contributed by atoms with van der Waals surface area (Å²) in [6, 6.07) is 5.72. The van der Waals surface area contributed by atoms with Crippen LogP contribution in [0.5, 0.6) is 0 Å². The number of nitrogens with one attached hydrogen (secondary N) is 1. The van der Waals surface area contributed by atoms with Crippen LogP contribution in [0.2, 0.25) is 0 Å². The highest BCUT2D eigenvalue weighted by atomic mass is 16.6. The van der Waals surface area contributed by atoms with E-state index in [0.29, 0.717) is 31.9 Å². The number of carbonyl (C=O) groups excluding carboxylic acids is 3. The monoisotopic (exact) mass is 467 g/mol. The fourth-order valence-electron chi connectivity index (χ4n) is 4.07. The summed E-state index contributed by atoms with van der Waals surface area (Å²) in [5, 5.41) is 13.9. The van der Waals surface area contributed by atoms with E-state index in [1.54, 1.807) is 17.3 Å². The molecule has 0 bridgehead atoms. The van der Waals surface area contributed by atoms with E-state index in [9.17, 15) is 14.4 Å². The van der Waals surface area contributed by atoms with Gasteiger partial charge in [-0.05, 0) is 39.0 Å². The third-order valence-corrected chi connectivity index (χ3v) is 5.67. The predicted molar refractivity (Wildman–Crippen MR) is 127 cm³/mol. The molecule has 0 atom stereocenters. The molecule has 4 rings (SSSR count). The lowest BCUT2D eigenvalue weighted by Gasteiger charge is -2.37. The van der Waals surface area contributed by atoms with Crippen molar-refractivity contribution in [3.63, 3.8) is 0 Å². The molecule has 3 heterocycles. The summed E-state index contributed by atoms with van der Waals surface area (Å²) < 4.78 is 5.48. The van der Waals surface area contributed by atoms with Gasteiger partial charge in [0, 0.05) is 66.8 Å². The first kappa shape index (κ1) is 23.5. The Labute approximate surface area is 197 Å². The van der Waals surface area contributed by atoms with Crippen molar-refractivity contribution in [2.75, 3.05) is 49.5 Å². The fourth-order valence-corrected chi connectivity index (χ4v) is 4.07. The van der Waals surface area contributed by atoms with Crippen LogP contribution in [-0.2, 0) is 14.3 Å². The number of aliphatic hydroxyl groups excluding tert-OH is 1. The van der Waals surface area contributed by atoms with Crippen molar-refractivity contribution in [1.29, 1.82) is 0 Å². The van der Waals surface area contributed by atoms with Crippen molar-refractivity contribution in [2.24, 2.45) is 0 Å². The molecule has 2 N–H and O–H groups in total. The fraction of sp³-hybridized carbons (Fsp3) is 0.417. The number of hydrogen-bond donors (Lipinski definition) is 2. The second kappa shape index (κ2) is 9.30.